The van der Waals surface area contributed by atoms with Crippen molar-refractivity contribution in [2.75, 3.05) is 0 Å². The van der Waals surface area contributed by atoms with Gasteiger partial charge in [-0.25, -0.2) is 0 Å². The van der Waals surface area contributed by atoms with Crippen molar-refractivity contribution in [3.63, 3.8) is 0 Å². The van der Waals surface area contributed by atoms with Gasteiger partial charge >= 0.3 is 0 Å². The topological polar surface area (TPSA) is 38.7 Å². The highest BCUT2D eigenvalue weighted by Gasteiger charge is 2.10. The summed E-state index contributed by atoms with van der Waals surface area (Å²) in [6.45, 7) is 16.0. The number of aryl methyl sites for hydroxylation is 4. The van der Waals surface area contributed by atoms with E-state index in [0.29, 0.717) is 0 Å². The summed E-state index contributed by atoms with van der Waals surface area (Å²) < 4.78 is 0. The lowest BCUT2D eigenvalue weighted by Gasteiger charge is -2.12. The first kappa shape index (κ1) is 27.4. The fourth-order valence-electron chi connectivity index (χ4n) is 2.77. The molecule has 0 amide bonds. The normalized spacial score (nSPS) is 12.1. The summed E-state index contributed by atoms with van der Waals surface area (Å²) in [5, 5.41) is 0. The minimum absolute atomic E-state index is 1.13. The summed E-state index contributed by atoms with van der Waals surface area (Å²) >= 11 is 0. The van der Waals surface area contributed by atoms with Crippen molar-refractivity contribution >= 4 is 0 Å². The van der Waals surface area contributed by atoms with E-state index in [2.05, 4.69) is 21.0 Å². The van der Waals surface area contributed by atoms with Gasteiger partial charge in [-0.2, -0.15) is 0 Å². The molecule has 0 N–H and O–H groups in total. The zero-order valence-electron chi connectivity index (χ0n) is 19.2. The SMILES string of the molecule is CC.CC.CC.CC.c1cnc2c(c1)CCCC2.c1cnc2c(n1)CCC2. The maximum atomic E-state index is 4.32. The highest BCUT2D eigenvalue weighted by Crippen LogP contribution is 2.17. The molecule has 0 atom stereocenters. The summed E-state index contributed by atoms with van der Waals surface area (Å²) in [6.07, 6.45) is 14.0. The zero-order chi connectivity index (χ0) is 20.9. The molecular weight excluding hydrogens is 330 g/mol. The van der Waals surface area contributed by atoms with Crippen LogP contribution in [0.3, 0.4) is 0 Å². The van der Waals surface area contributed by atoms with Gasteiger partial charge in [-0.05, 0) is 56.6 Å². The maximum Gasteiger partial charge on any atom is 0.0618 e. The van der Waals surface area contributed by atoms with E-state index in [-0.39, 0.29) is 0 Å². The summed E-state index contributed by atoms with van der Waals surface area (Å²) in [6, 6.07) is 4.23. The highest BCUT2D eigenvalue weighted by atomic mass is 14.8. The molecule has 2 aliphatic carbocycles. The van der Waals surface area contributed by atoms with Crippen LogP contribution in [0.1, 0.15) is 97.3 Å². The van der Waals surface area contributed by atoms with Gasteiger partial charge in [-0.15, -0.1) is 0 Å². The van der Waals surface area contributed by atoms with Crippen LogP contribution in [0.25, 0.3) is 0 Å². The van der Waals surface area contributed by atoms with E-state index in [1.807, 2.05) is 67.7 Å². The lowest BCUT2D eigenvalue weighted by atomic mass is 9.96. The number of hydrogen-bond acceptors (Lipinski definition) is 3. The van der Waals surface area contributed by atoms with Gasteiger partial charge in [-0.1, -0.05) is 61.5 Å². The predicted molar refractivity (Wildman–Crippen MR) is 120 cm³/mol. The average Bonchev–Trinajstić information content (AvgIpc) is 3.29. The molecule has 2 heterocycles. The molecule has 0 spiro atoms. The molecule has 0 saturated heterocycles. The van der Waals surface area contributed by atoms with Crippen LogP contribution in [0.2, 0.25) is 0 Å². The molecule has 0 bridgehead atoms. The Balaban J connectivity index is 0. The third-order valence-electron chi connectivity index (χ3n) is 3.78. The van der Waals surface area contributed by atoms with Crippen molar-refractivity contribution in [3.05, 3.63) is 53.4 Å². The van der Waals surface area contributed by atoms with Crippen molar-refractivity contribution in [1.29, 1.82) is 0 Å². The van der Waals surface area contributed by atoms with E-state index >= 15 is 0 Å². The minimum atomic E-state index is 1.13. The van der Waals surface area contributed by atoms with Crippen molar-refractivity contribution in [2.24, 2.45) is 0 Å². The Morgan fingerprint density at radius 2 is 0.963 bits per heavy atom. The molecule has 0 aliphatic heterocycles. The molecule has 0 fully saturated rings. The first-order valence-corrected chi connectivity index (χ1v) is 11.1. The molecule has 154 valence electrons. The van der Waals surface area contributed by atoms with Crippen LogP contribution < -0.4 is 0 Å². The van der Waals surface area contributed by atoms with Crippen LogP contribution in [-0.2, 0) is 25.7 Å². The van der Waals surface area contributed by atoms with Gasteiger partial charge in [0, 0.05) is 24.3 Å². The van der Waals surface area contributed by atoms with Crippen molar-refractivity contribution < 1.29 is 0 Å². The number of rotatable bonds is 0. The van der Waals surface area contributed by atoms with Gasteiger partial charge in [0.05, 0.1) is 11.4 Å². The maximum absolute atomic E-state index is 4.32. The van der Waals surface area contributed by atoms with Crippen molar-refractivity contribution in [1.82, 2.24) is 15.0 Å². The smallest absolute Gasteiger partial charge is 0.0618 e. The molecule has 4 rings (SSSR count). The molecule has 2 aromatic heterocycles. The fourth-order valence-corrected chi connectivity index (χ4v) is 2.77. The van der Waals surface area contributed by atoms with Crippen molar-refractivity contribution in [3.8, 4) is 0 Å². The Bertz CT molecular complexity index is 505. The number of fused-ring (bicyclic) bond motifs is 2. The number of aromatic nitrogens is 3. The van der Waals surface area contributed by atoms with Gasteiger partial charge in [0.1, 0.15) is 0 Å². The van der Waals surface area contributed by atoms with Crippen LogP contribution in [-0.4, -0.2) is 15.0 Å². The molecule has 0 aromatic carbocycles. The van der Waals surface area contributed by atoms with Crippen LogP contribution in [0.15, 0.2) is 30.7 Å². The Labute approximate surface area is 169 Å². The average molecular weight is 374 g/mol. The number of hydrogen-bond donors (Lipinski definition) is 0. The largest absolute Gasteiger partial charge is 0.261 e. The zero-order valence-corrected chi connectivity index (χ0v) is 19.2. The van der Waals surface area contributed by atoms with Crippen LogP contribution in [0.5, 0.6) is 0 Å². The molecular formula is C24H43N3. The second kappa shape index (κ2) is 20.5. The molecule has 27 heavy (non-hydrogen) atoms. The second-order valence-electron chi connectivity index (χ2n) is 5.12. The van der Waals surface area contributed by atoms with E-state index in [0.717, 1.165) is 12.8 Å². The quantitative estimate of drug-likeness (QED) is 0.497. The third-order valence-corrected chi connectivity index (χ3v) is 3.78. The van der Waals surface area contributed by atoms with E-state index < -0.39 is 0 Å². The first-order chi connectivity index (χ1) is 13.4. The van der Waals surface area contributed by atoms with Crippen molar-refractivity contribution in [2.45, 2.75) is 100 Å². The molecule has 0 saturated carbocycles. The first-order valence-electron chi connectivity index (χ1n) is 11.1. The third kappa shape index (κ3) is 10.8. The van der Waals surface area contributed by atoms with Gasteiger partial charge in [-0.3, -0.25) is 15.0 Å². The summed E-state index contributed by atoms with van der Waals surface area (Å²) in [5.74, 6) is 0. The summed E-state index contributed by atoms with van der Waals surface area (Å²) in [7, 11) is 0. The molecule has 0 unspecified atom stereocenters. The summed E-state index contributed by atoms with van der Waals surface area (Å²) in [5.41, 5.74) is 5.21. The summed E-state index contributed by atoms with van der Waals surface area (Å²) in [4.78, 5) is 12.7. The van der Waals surface area contributed by atoms with Crippen LogP contribution >= 0.6 is 0 Å². The van der Waals surface area contributed by atoms with E-state index in [1.54, 1.807) is 12.4 Å². The van der Waals surface area contributed by atoms with Gasteiger partial charge < -0.3 is 0 Å². The number of nitrogens with zero attached hydrogens (tertiary/aromatic N) is 3. The fraction of sp³-hybridized carbons (Fsp3) is 0.625. The monoisotopic (exact) mass is 373 g/mol. The van der Waals surface area contributed by atoms with E-state index in [4.69, 9.17) is 0 Å². The molecule has 3 heteroatoms. The van der Waals surface area contributed by atoms with E-state index in [1.165, 1.54) is 54.7 Å². The lowest BCUT2D eigenvalue weighted by Crippen LogP contribution is -2.03. The number of pyridine rings is 1. The van der Waals surface area contributed by atoms with Gasteiger partial charge in [0.2, 0.25) is 0 Å². The molecule has 2 aromatic rings. The van der Waals surface area contributed by atoms with Gasteiger partial charge in [0.25, 0.3) is 0 Å². The Hall–Kier alpha value is -1.77. The predicted octanol–water partition coefficient (Wildman–Crippen LogP) is 7.03. The van der Waals surface area contributed by atoms with Gasteiger partial charge in [0.15, 0.2) is 0 Å². The Morgan fingerprint density at radius 3 is 1.48 bits per heavy atom. The van der Waals surface area contributed by atoms with Crippen LogP contribution in [0, 0.1) is 0 Å². The van der Waals surface area contributed by atoms with Crippen LogP contribution in [0.4, 0.5) is 0 Å². The standard InChI is InChI=1S/C9H11N.C7H8N2.4C2H6/c1-2-6-9-8(4-1)5-3-7-10-9;1-2-6-7(3-1)9-5-4-8-6;4*1-2/h3,5,7H,1-2,4,6H2;4-5H,1-3H2;4*1-2H3. The minimum Gasteiger partial charge on any atom is -0.261 e. The second-order valence-corrected chi connectivity index (χ2v) is 5.12. The molecule has 2 aliphatic rings. The molecule has 3 nitrogen and oxygen atoms in total. The lowest BCUT2D eigenvalue weighted by molar-refractivity contribution is 0.668. The van der Waals surface area contributed by atoms with E-state index in [9.17, 15) is 0 Å². The highest BCUT2D eigenvalue weighted by molar-refractivity contribution is 5.21. The Kier molecular flexibility index (Phi) is 20.9. The molecule has 0 radical (unpaired) electrons. The Morgan fingerprint density at radius 1 is 0.519 bits per heavy atom.